The second kappa shape index (κ2) is 11.5. The van der Waals surface area contributed by atoms with E-state index in [0.29, 0.717) is 26.2 Å². The predicted octanol–water partition coefficient (Wildman–Crippen LogP) is 5.15. The Balaban J connectivity index is 1.34. The lowest BCUT2D eigenvalue weighted by molar-refractivity contribution is -0.137. The molecule has 3 aromatic carbocycles. The van der Waals surface area contributed by atoms with Crippen molar-refractivity contribution < 1.29 is 22.8 Å². The number of urea groups is 1. The monoisotopic (exact) mass is 510 g/mol. The summed E-state index contributed by atoms with van der Waals surface area (Å²) in [5.74, 6) is -0.241. The fourth-order valence-corrected chi connectivity index (χ4v) is 4.56. The molecule has 1 unspecified atom stereocenters. The topological polar surface area (TPSA) is 64.7 Å². The second-order valence-corrected chi connectivity index (χ2v) is 8.98. The highest BCUT2D eigenvalue weighted by Gasteiger charge is 2.32. The third-order valence-electron chi connectivity index (χ3n) is 6.39. The molecule has 3 amide bonds. The maximum absolute atomic E-state index is 13.0. The first-order chi connectivity index (χ1) is 17.7. The molecular formula is C28H29F3N4O2. The lowest BCUT2D eigenvalue weighted by atomic mass is 9.96. The first kappa shape index (κ1) is 26.2. The summed E-state index contributed by atoms with van der Waals surface area (Å²) in [4.78, 5) is 29.4. The molecule has 0 aromatic heterocycles. The van der Waals surface area contributed by atoms with Gasteiger partial charge in [-0.15, -0.1) is 0 Å². The third-order valence-corrected chi connectivity index (χ3v) is 6.39. The average Bonchev–Trinajstić information content (AvgIpc) is 2.90. The minimum Gasteiger partial charge on any atom is -0.338 e. The summed E-state index contributed by atoms with van der Waals surface area (Å²) in [6, 6.07) is 23.3. The van der Waals surface area contributed by atoms with E-state index in [-0.39, 0.29) is 17.6 Å². The van der Waals surface area contributed by atoms with Gasteiger partial charge in [0.05, 0.1) is 11.6 Å². The Morgan fingerprint density at radius 1 is 0.811 bits per heavy atom. The first-order valence-corrected chi connectivity index (χ1v) is 12.1. The van der Waals surface area contributed by atoms with Crippen LogP contribution in [-0.2, 0) is 11.0 Å². The summed E-state index contributed by atoms with van der Waals surface area (Å²) in [5, 5.41) is 4.91. The van der Waals surface area contributed by atoms with Gasteiger partial charge in [-0.1, -0.05) is 66.7 Å². The molecule has 0 spiro atoms. The second-order valence-electron chi connectivity index (χ2n) is 8.98. The molecule has 1 atom stereocenters. The molecule has 1 heterocycles. The molecule has 194 valence electrons. The standard InChI is InChI=1S/C28H29F3N4O2/c1-20(32-27(37)33-24-14-8-13-23(19-24)28(29,30)31)26(36)35-17-15-34(16-18-35)25(21-9-4-2-5-10-21)22-11-6-3-7-12-22/h2-14,19-20,25H,15-18H2,1H3,(H2,32,33,37). The number of anilines is 1. The minimum absolute atomic E-state index is 0.00606. The quantitative estimate of drug-likeness (QED) is 0.482. The van der Waals surface area contributed by atoms with Crippen molar-refractivity contribution >= 4 is 17.6 Å². The van der Waals surface area contributed by atoms with Gasteiger partial charge < -0.3 is 15.5 Å². The Labute approximate surface area is 214 Å². The zero-order chi connectivity index (χ0) is 26.4. The predicted molar refractivity (Wildman–Crippen MR) is 136 cm³/mol. The molecule has 0 aliphatic carbocycles. The van der Waals surface area contributed by atoms with Gasteiger partial charge >= 0.3 is 12.2 Å². The number of nitrogens with zero attached hydrogens (tertiary/aromatic N) is 2. The Hall–Kier alpha value is -3.85. The van der Waals surface area contributed by atoms with Crippen molar-refractivity contribution in [3.05, 3.63) is 102 Å². The van der Waals surface area contributed by atoms with Crippen LogP contribution in [0.4, 0.5) is 23.7 Å². The van der Waals surface area contributed by atoms with E-state index < -0.39 is 23.8 Å². The number of hydrogen-bond donors (Lipinski definition) is 2. The van der Waals surface area contributed by atoms with Crippen LogP contribution in [0.3, 0.4) is 0 Å². The molecule has 1 fully saturated rings. The summed E-state index contributed by atoms with van der Waals surface area (Å²) in [7, 11) is 0. The summed E-state index contributed by atoms with van der Waals surface area (Å²) < 4.78 is 38.7. The van der Waals surface area contributed by atoms with Crippen LogP contribution in [0.25, 0.3) is 0 Å². The van der Waals surface area contributed by atoms with E-state index in [1.165, 1.54) is 23.3 Å². The van der Waals surface area contributed by atoms with Crippen molar-refractivity contribution in [1.82, 2.24) is 15.1 Å². The van der Waals surface area contributed by atoms with Gasteiger partial charge in [0.25, 0.3) is 0 Å². The van der Waals surface area contributed by atoms with Gasteiger partial charge in [0.1, 0.15) is 6.04 Å². The van der Waals surface area contributed by atoms with Crippen molar-refractivity contribution in [2.45, 2.75) is 25.2 Å². The molecule has 3 aromatic rings. The lowest BCUT2D eigenvalue weighted by Gasteiger charge is -2.40. The van der Waals surface area contributed by atoms with Crippen molar-refractivity contribution in [2.75, 3.05) is 31.5 Å². The fraction of sp³-hybridized carbons (Fsp3) is 0.286. The zero-order valence-corrected chi connectivity index (χ0v) is 20.4. The first-order valence-electron chi connectivity index (χ1n) is 12.1. The molecule has 0 radical (unpaired) electrons. The molecule has 1 saturated heterocycles. The number of piperazine rings is 1. The lowest BCUT2D eigenvalue weighted by Crippen LogP contribution is -2.55. The van der Waals surface area contributed by atoms with E-state index >= 15 is 0 Å². The van der Waals surface area contributed by atoms with Gasteiger partial charge in [0.15, 0.2) is 0 Å². The van der Waals surface area contributed by atoms with Gasteiger partial charge in [0.2, 0.25) is 5.91 Å². The molecule has 2 N–H and O–H groups in total. The van der Waals surface area contributed by atoms with Crippen molar-refractivity contribution in [1.29, 1.82) is 0 Å². The van der Waals surface area contributed by atoms with Gasteiger partial charge in [-0.05, 0) is 36.2 Å². The Morgan fingerprint density at radius 3 is 1.92 bits per heavy atom. The van der Waals surface area contributed by atoms with E-state index in [1.807, 2.05) is 36.4 Å². The normalized spacial score (nSPS) is 15.3. The van der Waals surface area contributed by atoms with Crippen molar-refractivity contribution in [2.24, 2.45) is 0 Å². The van der Waals surface area contributed by atoms with Gasteiger partial charge in [-0.25, -0.2) is 4.79 Å². The number of rotatable bonds is 6. The van der Waals surface area contributed by atoms with Gasteiger partial charge in [-0.2, -0.15) is 13.2 Å². The zero-order valence-electron chi connectivity index (χ0n) is 20.4. The summed E-state index contributed by atoms with van der Waals surface area (Å²) in [5.41, 5.74) is 1.48. The molecular weight excluding hydrogens is 481 g/mol. The Kier molecular flexibility index (Phi) is 8.13. The van der Waals surface area contributed by atoms with E-state index in [2.05, 4.69) is 39.8 Å². The maximum atomic E-state index is 13.0. The van der Waals surface area contributed by atoms with E-state index in [0.717, 1.165) is 12.1 Å². The van der Waals surface area contributed by atoms with E-state index in [4.69, 9.17) is 0 Å². The molecule has 6 nitrogen and oxygen atoms in total. The summed E-state index contributed by atoms with van der Waals surface area (Å²) >= 11 is 0. The van der Waals surface area contributed by atoms with Crippen molar-refractivity contribution in [3.8, 4) is 0 Å². The van der Waals surface area contributed by atoms with Crippen LogP contribution in [0.1, 0.15) is 29.7 Å². The fourth-order valence-electron chi connectivity index (χ4n) is 4.56. The van der Waals surface area contributed by atoms with Crippen LogP contribution < -0.4 is 10.6 Å². The van der Waals surface area contributed by atoms with Crippen LogP contribution in [0.15, 0.2) is 84.9 Å². The van der Waals surface area contributed by atoms with Crippen LogP contribution in [0, 0.1) is 0 Å². The van der Waals surface area contributed by atoms with Gasteiger partial charge in [-0.3, -0.25) is 9.69 Å². The van der Waals surface area contributed by atoms with E-state index in [1.54, 1.807) is 11.8 Å². The highest BCUT2D eigenvalue weighted by atomic mass is 19.4. The largest absolute Gasteiger partial charge is 0.416 e. The average molecular weight is 511 g/mol. The molecule has 9 heteroatoms. The third kappa shape index (κ3) is 6.68. The number of halogens is 3. The van der Waals surface area contributed by atoms with Crippen LogP contribution in [0.5, 0.6) is 0 Å². The summed E-state index contributed by atoms with van der Waals surface area (Å²) in [6.07, 6.45) is -4.51. The van der Waals surface area contributed by atoms with E-state index in [9.17, 15) is 22.8 Å². The Bertz CT molecular complexity index is 1160. The number of nitrogens with one attached hydrogen (secondary N) is 2. The van der Waals surface area contributed by atoms with Crippen LogP contribution in [-0.4, -0.2) is 54.0 Å². The number of alkyl halides is 3. The minimum atomic E-state index is -4.51. The number of benzene rings is 3. The highest BCUT2D eigenvalue weighted by Crippen LogP contribution is 2.31. The molecule has 1 aliphatic heterocycles. The molecule has 1 aliphatic rings. The molecule has 0 saturated carbocycles. The number of carbonyl (C=O) groups is 2. The Morgan fingerprint density at radius 2 is 1.38 bits per heavy atom. The molecule has 37 heavy (non-hydrogen) atoms. The molecule has 0 bridgehead atoms. The van der Waals surface area contributed by atoms with Crippen LogP contribution in [0.2, 0.25) is 0 Å². The van der Waals surface area contributed by atoms with Gasteiger partial charge in [0, 0.05) is 31.9 Å². The molecule has 4 rings (SSSR count). The SMILES string of the molecule is CC(NC(=O)Nc1cccc(C(F)(F)F)c1)C(=O)N1CCN(C(c2ccccc2)c2ccccc2)CC1. The highest BCUT2D eigenvalue weighted by molar-refractivity contribution is 5.93. The number of hydrogen-bond acceptors (Lipinski definition) is 3. The smallest absolute Gasteiger partial charge is 0.338 e. The van der Waals surface area contributed by atoms with Crippen molar-refractivity contribution in [3.63, 3.8) is 0 Å². The van der Waals surface area contributed by atoms with Crippen LogP contribution >= 0.6 is 0 Å². The maximum Gasteiger partial charge on any atom is 0.416 e. The number of amides is 3. The number of carbonyl (C=O) groups excluding carboxylic acids is 2. The summed E-state index contributed by atoms with van der Waals surface area (Å²) in [6.45, 7) is 3.87.